The van der Waals surface area contributed by atoms with Gasteiger partial charge in [-0.1, -0.05) is 32.0 Å². The van der Waals surface area contributed by atoms with Crippen molar-refractivity contribution in [1.29, 1.82) is 0 Å². The smallest absolute Gasteiger partial charge is 0.326 e. The average molecular weight is 449 g/mol. The lowest BCUT2D eigenvalue weighted by Crippen LogP contribution is -2.55. The van der Waals surface area contributed by atoms with Gasteiger partial charge in [-0.15, -0.1) is 0 Å². The summed E-state index contributed by atoms with van der Waals surface area (Å²) >= 11 is 1.54. The van der Waals surface area contributed by atoms with E-state index in [4.69, 9.17) is 5.73 Å². The molecule has 170 valence electrons. The van der Waals surface area contributed by atoms with Gasteiger partial charge in [-0.25, -0.2) is 4.79 Å². The molecule has 3 atom stereocenters. The number of aromatic amines is 1. The molecule has 2 amide bonds. The normalized spacial score (nSPS) is 14.2. The summed E-state index contributed by atoms with van der Waals surface area (Å²) in [5, 5.41) is 15.7. The summed E-state index contributed by atoms with van der Waals surface area (Å²) in [6.45, 7) is 3.78. The minimum atomic E-state index is -1.09. The van der Waals surface area contributed by atoms with Crippen LogP contribution in [0.4, 0.5) is 0 Å². The average Bonchev–Trinajstić information content (AvgIpc) is 3.12. The van der Waals surface area contributed by atoms with Crippen molar-refractivity contribution in [3.8, 4) is 0 Å². The Bertz CT molecular complexity index is 899. The minimum absolute atomic E-state index is 0.102. The van der Waals surface area contributed by atoms with Crippen LogP contribution in [0.3, 0.4) is 0 Å². The maximum Gasteiger partial charge on any atom is 0.326 e. The van der Waals surface area contributed by atoms with Gasteiger partial charge in [0.15, 0.2) is 0 Å². The number of nitrogens with one attached hydrogen (secondary N) is 3. The number of hydrogen-bond acceptors (Lipinski definition) is 5. The van der Waals surface area contributed by atoms with Gasteiger partial charge in [0.2, 0.25) is 11.8 Å². The summed E-state index contributed by atoms with van der Waals surface area (Å²) in [4.78, 5) is 40.1. The predicted octanol–water partition coefficient (Wildman–Crippen LogP) is 1.89. The molecular formula is C22H32N4O4S. The van der Waals surface area contributed by atoms with E-state index in [1.165, 1.54) is 0 Å². The molecule has 1 aromatic carbocycles. The van der Waals surface area contributed by atoms with Crippen molar-refractivity contribution in [2.45, 2.75) is 51.2 Å². The van der Waals surface area contributed by atoms with Crippen LogP contribution < -0.4 is 16.4 Å². The molecule has 31 heavy (non-hydrogen) atoms. The van der Waals surface area contributed by atoms with Gasteiger partial charge in [0.1, 0.15) is 12.1 Å². The van der Waals surface area contributed by atoms with Gasteiger partial charge in [0, 0.05) is 17.1 Å². The van der Waals surface area contributed by atoms with E-state index in [9.17, 15) is 19.5 Å². The molecule has 0 aliphatic carbocycles. The van der Waals surface area contributed by atoms with Gasteiger partial charge in [-0.2, -0.15) is 11.8 Å². The summed E-state index contributed by atoms with van der Waals surface area (Å²) in [7, 11) is 0. The molecule has 0 saturated carbocycles. The second-order valence-electron chi connectivity index (χ2n) is 8.04. The summed E-state index contributed by atoms with van der Waals surface area (Å²) in [6.07, 6.45) is 4.74. The van der Waals surface area contributed by atoms with Gasteiger partial charge in [-0.3, -0.25) is 9.59 Å². The van der Waals surface area contributed by atoms with Crippen molar-refractivity contribution in [2.24, 2.45) is 11.7 Å². The maximum atomic E-state index is 12.8. The molecule has 2 aromatic rings. The van der Waals surface area contributed by atoms with Crippen molar-refractivity contribution < 1.29 is 19.5 Å². The second-order valence-corrected chi connectivity index (χ2v) is 9.03. The predicted molar refractivity (Wildman–Crippen MR) is 124 cm³/mol. The lowest BCUT2D eigenvalue weighted by atomic mass is 10.0. The van der Waals surface area contributed by atoms with Crippen molar-refractivity contribution in [1.82, 2.24) is 15.6 Å². The maximum absolute atomic E-state index is 12.8. The number of rotatable bonds is 12. The van der Waals surface area contributed by atoms with Gasteiger partial charge >= 0.3 is 5.97 Å². The molecule has 0 bridgehead atoms. The van der Waals surface area contributed by atoms with E-state index in [2.05, 4.69) is 15.6 Å². The number of nitrogens with two attached hydrogens (primary N) is 1. The van der Waals surface area contributed by atoms with E-state index in [0.717, 1.165) is 16.5 Å². The monoisotopic (exact) mass is 448 g/mol. The Kier molecular flexibility index (Phi) is 9.39. The first-order chi connectivity index (χ1) is 14.7. The summed E-state index contributed by atoms with van der Waals surface area (Å²) < 4.78 is 0. The number of H-pyrrole nitrogens is 1. The molecule has 0 radical (unpaired) electrons. The van der Waals surface area contributed by atoms with Gasteiger partial charge in [0.05, 0.1) is 6.04 Å². The van der Waals surface area contributed by atoms with Gasteiger partial charge in [0.25, 0.3) is 0 Å². The Morgan fingerprint density at radius 2 is 1.81 bits per heavy atom. The Balaban J connectivity index is 2.04. The molecule has 2 rings (SSSR count). The van der Waals surface area contributed by atoms with Crippen LogP contribution in [0.1, 0.15) is 32.3 Å². The molecule has 0 spiro atoms. The highest BCUT2D eigenvalue weighted by molar-refractivity contribution is 7.98. The Morgan fingerprint density at radius 1 is 1.13 bits per heavy atom. The van der Waals surface area contributed by atoms with Crippen molar-refractivity contribution >= 4 is 40.4 Å². The van der Waals surface area contributed by atoms with Crippen LogP contribution in [0, 0.1) is 5.92 Å². The number of benzene rings is 1. The first-order valence-electron chi connectivity index (χ1n) is 10.4. The molecule has 3 unspecified atom stereocenters. The number of thioether (sulfide) groups is 1. The van der Waals surface area contributed by atoms with E-state index in [-0.39, 0.29) is 5.92 Å². The second kappa shape index (κ2) is 11.8. The van der Waals surface area contributed by atoms with E-state index in [1.807, 2.05) is 50.6 Å². The SMILES string of the molecule is CSCCC(NC(=O)C(N)Cc1c[nH]c2ccccc12)C(=O)NC(CC(C)C)C(=O)O. The first kappa shape index (κ1) is 24.7. The molecular weight excluding hydrogens is 416 g/mol. The van der Waals surface area contributed by atoms with Crippen LogP contribution >= 0.6 is 11.8 Å². The van der Waals surface area contributed by atoms with E-state index >= 15 is 0 Å². The Labute approximate surface area is 186 Å². The number of carboxylic acid groups (broad SMARTS) is 1. The molecule has 0 aliphatic rings. The lowest BCUT2D eigenvalue weighted by molar-refractivity contribution is -0.142. The molecule has 1 aromatic heterocycles. The highest BCUT2D eigenvalue weighted by atomic mass is 32.2. The largest absolute Gasteiger partial charge is 0.480 e. The van der Waals surface area contributed by atoms with E-state index in [0.29, 0.717) is 25.0 Å². The van der Waals surface area contributed by atoms with E-state index < -0.39 is 35.9 Å². The fraction of sp³-hybridized carbons (Fsp3) is 0.500. The molecule has 9 heteroatoms. The topological polar surface area (TPSA) is 137 Å². The number of amides is 2. The molecule has 0 saturated heterocycles. The molecule has 6 N–H and O–H groups in total. The Morgan fingerprint density at radius 3 is 2.45 bits per heavy atom. The number of carbonyl (C=O) groups excluding carboxylic acids is 2. The quantitative estimate of drug-likeness (QED) is 0.336. The number of aromatic nitrogens is 1. The zero-order valence-electron chi connectivity index (χ0n) is 18.2. The number of aliphatic carboxylic acids is 1. The molecule has 0 fully saturated rings. The van der Waals surface area contributed by atoms with Crippen molar-refractivity contribution in [3.05, 3.63) is 36.0 Å². The number of hydrogen-bond donors (Lipinski definition) is 5. The fourth-order valence-corrected chi connectivity index (χ4v) is 3.85. The molecule has 0 aliphatic heterocycles. The van der Waals surface area contributed by atoms with Crippen LogP contribution in [0.25, 0.3) is 10.9 Å². The lowest BCUT2D eigenvalue weighted by Gasteiger charge is -2.23. The zero-order valence-corrected chi connectivity index (χ0v) is 19.0. The highest BCUT2D eigenvalue weighted by Crippen LogP contribution is 2.19. The number of fused-ring (bicyclic) bond motifs is 1. The highest BCUT2D eigenvalue weighted by Gasteiger charge is 2.28. The summed E-state index contributed by atoms with van der Waals surface area (Å²) in [6, 6.07) is 5.07. The van der Waals surface area contributed by atoms with Crippen molar-refractivity contribution in [3.63, 3.8) is 0 Å². The fourth-order valence-electron chi connectivity index (χ4n) is 3.38. The van der Waals surface area contributed by atoms with Crippen LogP contribution in [0.15, 0.2) is 30.5 Å². The molecule has 1 heterocycles. The van der Waals surface area contributed by atoms with Crippen LogP contribution in [-0.4, -0.2) is 58.0 Å². The van der Waals surface area contributed by atoms with Crippen LogP contribution in [-0.2, 0) is 20.8 Å². The Hall–Kier alpha value is -2.52. The third-order valence-electron chi connectivity index (χ3n) is 5.02. The van der Waals surface area contributed by atoms with Gasteiger partial charge < -0.3 is 26.5 Å². The summed E-state index contributed by atoms with van der Waals surface area (Å²) in [5.74, 6) is -1.30. The third kappa shape index (κ3) is 7.29. The minimum Gasteiger partial charge on any atom is -0.480 e. The van der Waals surface area contributed by atoms with Crippen molar-refractivity contribution in [2.75, 3.05) is 12.0 Å². The van der Waals surface area contributed by atoms with Crippen LogP contribution in [0.5, 0.6) is 0 Å². The number of carboxylic acids is 1. The summed E-state index contributed by atoms with van der Waals surface area (Å²) in [5.41, 5.74) is 8.02. The number of para-hydroxylation sites is 1. The first-order valence-corrected chi connectivity index (χ1v) is 11.7. The zero-order chi connectivity index (χ0) is 23.0. The number of carbonyl (C=O) groups is 3. The third-order valence-corrected chi connectivity index (χ3v) is 5.66. The standard InChI is InChI=1S/C22H32N4O4S/c1-13(2)10-19(22(29)30)26-21(28)18(8-9-31-3)25-20(27)16(23)11-14-12-24-17-7-5-4-6-15(14)17/h4-7,12-13,16,18-19,24H,8-11,23H2,1-3H3,(H,25,27)(H,26,28)(H,29,30). The van der Waals surface area contributed by atoms with Gasteiger partial charge in [-0.05, 0) is 48.8 Å². The molecule has 8 nitrogen and oxygen atoms in total. The van der Waals surface area contributed by atoms with Crippen LogP contribution in [0.2, 0.25) is 0 Å². The van der Waals surface area contributed by atoms with E-state index in [1.54, 1.807) is 11.8 Å².